The van der Waals surface area contributed by atoms with Crippen molar-refractivity contribution in [1.29, 1.82) is 0 Å². The summed E-state index contributed by atoms with van der Waals surface area (Å²) in [6.45, 7) is 7.60. The highest BCUT2D eigenvalue weighted by Gasteiger charge is 2.11. The van der Waals surface area contributed by atoms with Crippen molar-refractivity contribution in [2.24, 2.45) is 0 Å². The molecule has 2 aromatic carbocycles. The van der Waals surface area contributed by atoms with Gasteiger partial charge in [0.2, 0.25) is 5.95 Å². The molecule has 4 N–H and O–H groups in total. The number of piperazine rings is 1. The van der Waals surface area contributed by atoms with E-state index in [1.165, 1.54) is 0 Å². The second-order valence-corrected chi connectivity index (χ2v) is 8.32. The standard InChI is InChI=1S/C25H28FN7O/c1-17-15-20-21(29-17)5-6-22(24(20)26)31-23-7-8-28-25(32-23)30-18-3-2-4-19(16-18)34-14-13-33-11-9-27-10-12-33/h2-8,15-16,27,29H,9-14H2,1H3,(H2,28,30,31,32). The second-order valence-electron chi connectivity index (χ2n) is 8.32. The number of aromatic amines is 1. The average molecular weight is 462 g/mol. The summed E-state index contributed by atoms with van der Waals surface area (Å²) in [5.74, 6) is 1.36. The summed E-state index contributed by atoms with van der Waals surface area (Å²) in [6, 6.07) is 14.7. The van der Waals surface area contributed by atoms with Gasteiger partial charge in [-0.1, -0.05) is 6.07 Å². The van der Waals surface area contributed by atoms with Crippen molar-refractivity contribution in [3.8, 4) is 5.75 Å². The van der Waals surface area contributed by atoms with Crippen molar-refractivity contribution < 1.29 is 9.13 Å². The van der Waals surface area contributed by atoms with Gasteiger partial charge >= 0.3 is 0 Å². The average Bonchev–Trinajstić information content (AvgIpc) is 3.23. The lowest BCUT2D eigenvalue weighted by Gasteiger charge is -2.26. The Morgan fingerprint density at radius 1 is 1.09 bits per heavy atom. The maximum atomic E-state index is 14.9. The van der Waals surface area contributed by atoms with Gasteiger partial charge in [-0.25, -0.2) is 9.37 Å². The molecule has 8 nitrogen and oxygen atoms in total. The Morgan fingerprint density at radius 3 is 2.85 bits per heavy atom. The molecule has 4 aromatic rings. The van der Waals surface area contributed by atoms with E-state index in [2.05, 4.69) is 35.8 Å². The number of halogens is 1. The Morgan fingerprint density at radius 2 is 1.97 bits per heavy atom. The van der Waals surface area contributed by atoms with Crippen molar-refractivity contribution in [2.45, 2.75) is 6.92 Å². The molecule has 3 heterocycles. The third kappa shape index (κ3) is 5.27. The van der Waals surface area contributed by atoms with Crippen molar-refractivity contribution in [1.82, 2.24) is 25.2 Å². The number of hydrogen-bond donors (Lipinski definition) is 4. The van der Waals surface area contributed by atoms with Gasteiger partial charge in [0.15, 0.2) is 5.82 Å². The molecule has 0 atom stereocenters. The van der Waals surface area contributed by atoms with Gasteiger partial charge in [0.25, 0.3) is 0 Å². The van der Waals surface area contributed by atoms with Gasteiger partial charge in [-0.15, -0.1) is 0 Å². The van der Waals surface area contributed by atoms with Crippen LogP contribution in [0.4, 0.5) is 27.5 Å². The first-order valence-corrected chi connectivity index (χ1v) is 11.4. The van der Waals surface area contributed by atoms with E-state index in [0.717, 1.165) is 55.4 Å². The minimum atomic E-state index is -0.319. The molecule has 0 unspecified atom stereocenters. The number of nitrogens with one attached hydrogen (secondary N) is 4. The third-order valence-corrected chi connectivity index (χ3v) is 5.77. The molecule has 0 bridgehead atoms. The highest BCUT2D eigenvalue weighted by Crippen LogP contribution is 2.27. The van der Waals surface area contributed by atoms with Crippen LogP contribution >= 0.6 is 0 Å². The molecule has 2 aromatic heterocycles. The van der Waals surface area contributed by atoms with E-state index in [-0.39, 0.29) is 5.82 Å². The topological polar surface area (TPSA) is 90.1 Å². The van der Waals surface area contributed by atoms with E-state index in [1.807, 2.05) is 37.3 Å². The van der Waals surface area contributed by atoms with Crippen LogP contribution in [0.2, 0.25) is 0 Å². The molecule has 0 spiro atoms. The zero-order valence-corrected chi connectivity index (χ0v) is 19.1. The van der Waals surface area contributed by atoms with E-state index < -0.39 is 0 Å². The molecule has 0 amide bonds. The van der Waals surface area contributed by atoms with Crippen LogP contribution in [0.25, 0.3) is 10.9 Å². The molecule has 176 valence electrons. The predicted molar refractivity (Wildman–Crippen MR) is 133 cm³/mol. The minimum Gasteiger partial charge on any atom is -0.492 e. The van der Waals surface area contributed by atoms with Crippen LogP contribution in [-0.2, 0) is 0 Å². The molecule has 34 heavy (non-hydrogen) atoms. The maximum absolute atomic E-state index is 14.9. The number of nitrogens with zero attached hydrogens (tertiary/aromatic N) is 3. The van der Waals surface area contributed by atoms with E-state index in [0.29, 0.717) is 29.4 Å². The fourth-order valence-corrected chi connectivity index (χ4v) is 4.05. The number of anilines is 4. The van der Waals surface area contributed by atoms with E-state index in [1.54, 1.807) is 24.4 Å². The molecule has 0 saturated carbocycles. The fourth-order valence-electron chi connectivity index (χ4n) is 4.05. The Labute approximate surface area is 197 Å². The smallest absolute Gasteiger partial charge is 0.229 e. The summed E-state index contributed by atoms with van der Waals surface area (Å²) in [4.78, 5) is 14.3. The summed E-state index contributed by atoms with van der Waals surface area (Å²) in [6.07, 6.45) is 1.63. The maximum Gasteiger partial charge on any atom is 0.229 e. The third-order valence-electron chi connectivity index (χ3n) is 5.77. The minimum absolute atomic E-state index is 0.319. The Kier molecular flexibility index (Phi) is 6.55. The van der Waals surface area contributed by atoms with Gasteiger partial charge in [0.05, 0.1) is 5.69 Å². The molecule has 1 aliphatic heterocycles. The van der Waals surface area contributed by atoms with Gasteiger partial charge in [-0.05, 0) is 43.3 Å². The highest BCUT2D eigenvalue weighted by molar-refractivity contribution is 5.85. The van der Waals surface area contributed by atoms with Crippen molar-refractivity contribution in [3.05, 3.63) is 66.2 Å². The quantitative estimate of drug-likeness (QED) is 0.313. The number of aromatic nitrogens is 3. The number of fused-ring (bicyclic) bond motifs is 1. The molecule has 1 fully saturated rings. The van der Waals surface area contributed by atoms with Crippen molar-refractivity contribution in [2.75, 3.05) is 50.0 Å². The lowest BCUT2D eigenvalue weighted by atomic mass is 10.2. The van der Waals surface area contributed by atoms with Gasteiger partial charge in [-0.2, -0.15) is 4.98 Å². The Hall–Kier alpha value is -3.69. The highest BCUT2D eigenvalue weighted by atomic mass is 19.1. The number of hydrogen-bond acceptors (Lipinski definition) is 7. The van der Waals surface area contributed by atoms with Gasteiger partial charge in [-0.3, -0.25) is 4.90 Å². The molecule has 5 rings (SSSR count). The molecular weight excluding hydrogens is 433 g/mol. The van der Waals surface area contributed by atoms with Crippen molar-refractivity contribution >= 4 is 34.0 Å². The molecule has 0 radical (unpaired) electrons. The number of H-pyrrole nitrogens is 1. The van der Waals surface area contributed by atoms with Crippen LogP contribution in [0.1, 0.15) is 5.69 Å². The van der Waals surface area contributed by atoms with Crippen LogP contribution in [0.5, 0.6) is 5.75 Å². The number of aryl methyl sites for hydroxylation is 1. The van der Waals surface area contributed by atoms with Crippen LogP contribution in [0.15, 0.2) is 54.7 Å². The van der Waals surface area contributed by atoms with Gasteiger partial charge < -0.3 is 25.7 Å². The van der Waals surface area contributed by atoms with Crippen LogP contribution in [0, 0.1) is 12.7 Å². The van der Waals surface area contributed by atoms with E-state index in [9.17, 15) is 4.39 Å². The monoisotopic (exact) mass is 461 g/mol. The normalized spacial score (nSPS) is 14.3. The van der Waals surface area contributed by atoms with E-state index in [4.69, 9.17) is 4.74 Å². The zero-order valence-electron chi connectivity index (χ0n) is 19.1. The van der Waals surface area contributed by atoms with Crippen molar-refractivity contribution in [3.63, 3.8) is 0 Å². The summed E-state index contributed by atoms with van der Waals surface area (Å²) in [5.41, 5.74) is 2.85. The zero-order chi connectivity index (χ0) is 23.3. The van der Waals surface area contributed by atoms with Crippen LogP contribution in [0.3, 0.4) is 0 Å². The predicted octanol–water partition coefficient (Wildman–Crippen LogP) is 4.18. The fraction of sp³-hybridized carbons (Fsp3) is 0.280. The SMILES string of the molecule is Cc1cc2c(F)c(Nc3ccnc(Nc4cccc(OCCN5CCNCC5)c4)n3)ccc2[nH]1. The summed E-state index contributed by atoms with van der Waals surface area (Å²) < 4.78 is 20.9. The number of rotatable bonds is 8. The molecular formula is C25H28FN7O. The molecule has 1 saturated heterocycles. The molecule has 1 aliphatic rings. The Balaban J connectivity index is 1.22. The molecule has 9 heteroatoms. The van der Waals surface area contributed by atoms with Crippen LogP contribution in [-0.4, -0.2) is 59.2 Å². The van der Waals surface area contributed by atoms with Gasteiger partial charge in [0.1, 0.15) is 18.2 Å². The Bertz CT molecular complexity index is 1270. The van der Waals surface area contributed by atoms with Crippen LogP contribution < -0.4 is 20.7 Å². The van der Waals surface area contributed by atoms with Gasteiger partial charge in [0, 0.05) is 67.3 Å². The first-order valence-electron chi connectivity index (χ1n) is 11.4. The number of benzene rings is 2. The number of ether oxygens (including phenoxy) is 1. The summed E-state index contributed by atoms with van der Waals surface area (Å²) in [7, 11) is 0. The lowest BCUT2D eigenvalue weighted by molar-refractivity contribution is 0.191. The largest absolute Gasteiger partial charge is 0.492 e. The van der Waals surface area contributed by atoms with E-state index >= 15 is 0 Å². The molecule has 0 aliphatic carbocycles. The summed E-state index contributed by atoms with van der Waals surface area (Å²) in [5, 5.41) is 10.2. The summed E-state index contributed by atoms with van der Waals surface area (Å²) >= 11 is 0. The lowest BCUT2D eigenvalue weighted by Crippen LogP contribution is -2.44. The first-order chi connectivity index (χ1) is 16.6. The second kappa shape index (κ2) is 10.1. The first kappa shape index (κ1) is 22.1.